The van der Waals surface area contributed by atoms with E-state index >= 15 is 0 Å². The molecule has 3 rings (SSSR count). The predicted octanol–water partition coefficient (Wildman–Crippen LogP) is 0.608. The van der Waals surface area contributed by atoms with Gasteiger partial charge in [0.25, 0.3) is 10.0 Å². The molecule has 0 saturated carbocycles. The maximum atomic E-state index is 12.7. The second kappa shape index (κ2) is 7.06. The molecule has 0 bridgehead atoms. The van der Waals surface area contributed by atoms with Crippen LogP contribution in [-0.2, 0) is 24.8 Å². The third-order valence-electron chi connectivity index (χ3n) is 3.78. The van der Waals surface area contributed by atoms with Gasteiger partial charge in [0, 0.05) is 13.1 Å². The smallest absolute Gasteiger partial charge is 0.261 e. The Morgan fingerprint density at radius 1 is 0.923 bits per heavy atom. The van der Waals surface area contributed by atoms with Crippen LogP contribution in [0.4, 0.5) is 5.69 Å². The zero-order chi connectivity index (χ0) is 18.8. The topological polar surface area (TPSA) is 113 Å². The molecule has 0 unspecified atom stereocenters. The summed E-state index contributed by atoms with van der Waals surface area (Å²) < 4.78 is 53.6. The van der Waals surface area contributed by atoms with Gasteiger partial charge < -0.3 is 5.32 Å². The minimum Gasteiger partial charge on any atom is -0.354 e. The summed E-state index contributed by atoms with van der Waals surface area (Å²) in [6, 6.07) is 13.3. The Kier molecular flexibility index (Phi) is 4.99. The third-order valence-corrected chi connectivity index (χ3v) is 7.02. The number of piperazine rings is 1. The second-order valence-electron chi connectivity index (χ2n) is 5.63. The molecule has 2 aromatic rings. The molecule has 138 valence electrons. The Labute approximate surface area is 151 Å². The molecule has 1 aliphatic rings. The van der Waals surface area contributed by atoms with Crippen LogP contribution < -0.4 is 10.0 Å². The highest BCUT2D eigenvalue weighted by atomic mass is 32.2. The third kappa shape index (κ3) is 3.87. The quantitative estimate of drug-likeness (QED) is 0.770. The Hall–Kier alpha value is -2.43. The lowest BCUT2D eigenvalue weighted by Crippen LogP contribution is -2.49. The molecule has 1 heterocycles. The van der Waals surface area contributed by atoms with Gasteiger partial charge in [-0.05, 0) is 30.3 Å². The molecular formula is C16H17N3O5S2. The van der Waals surface area contributed by atoms with Crippen molar-refractivity contribution in [3.05, 3.63) is 54.6 Å². The van der Waals surface area contributed by atoms with Crippen molar-refractivity contribution in [2.45, 2.75) is 9.79 Å². The van der Waals surface area contributed by atoms with Gasteiger partial charge in [-0.15, -0.1) is 0 Å². The zero-order valence-corrected chi connectivity index (χ0v) is 15.3. The molecule has 0 spiro atoms. The van der Waals surface area contributed by atoms with Crippen LogP contribution in [0.5, 0.6) is 0 Å². The highest BCUT2D eigenvalue weighted by molar-refractivity contribution is 7.92. The normalized spacial score (nSPS) is 16.1. The summed E-state index contributed by atoms with van der Waals surface area (Å²) in [5.74, 6) is -0.374. The predicted molar refractivity (Wildman–Crippen MR) is 95.5 cm³/mol. The summed E-state index contributed by atoms with van der Waals surface area (Å²) in [6.45, 7) is 0.134. The van der Waals surface area contributed by atoms with Crippen molar-refractivity contribution >= 4 is 31.6 Å². The van der Waals surface area contributed by atoms with E-state index in [-0.39, 0.29) is 41.0 Å². The fourth-order valence-corrected chi connectivity index (χ4v) is 5.02. The molecule has 0 aromatic heterocycles. The highest BCUT2D eigenvalue weighted by Gasteiger charge is 2.29. The van der Waals surface area contributed by atoms with Crippen molar-refractivity contribution in [2.24, 2.45) is 0 Å². The van der Waals surface area contributed by atoms with E-state index in [9.17, 15) is 21.6 Å². The number of sulfonamides is 2. The number of amides is 1. The van der Waals surface area contributed by atoms with Crippen LogP contribution in [0.2, 0.25) is 0 Å². The lowest BCUT2D eigenvalue weighted by molar-refractivity contribution is -0.122. The highest BCUT2D eigenvalue weighted by Crippen LogP contribution is 2.22. The molecule has 10 heteroatoms. The van der Waals surface area contributed by atoms with Crippen LogP contribution in [0.3, 0.4) is 0 Å². The van der Waals surface area contributed by atoms with Crippen molar-refractivity contribution in [2.75, 3.05) is 24.4 Å². The van der Waals surface area contributed by atoms with E-state index in [1.54, 1.807) is 18.2 Å². The summed E-state index contributed by atoms with van der Waals surface area (Å²) in [6.07, 6.45) is 0. The van der Waals surface area contributed by atoms with Crippen LogP contribution in [0, 0.1) is 0 Å². The Balaban J connectivity index is 1.88. The molecule has 0 radical (unpaired) electrons. The maximum absolute atomic E-state index is 12.7. The van der Waals surface area contributed by atoms with Crippen LogP contribution >= 0.6 is 0 Å². The van der Waals surface area contributed by atoms with E-state index < -0.39 is 20.0 Å². The van der Waals surface area contributed by atoms with Crippen LogP contribution in [0.25, 0.3) is 0 Å². The van der Waals surface area contributed by atoms with Crippen molar-refractivity contribution < 1.29 is 21.6 Å². The Bertz CT molecular complexity index is 1020. The fraction of sp³-hybridized carbons (Fsp3) is 0.188. The first-order valence-corrected chi connectivity index (χ1v) is 10.7. The van der Waals surface area contributed by atoms with Crippen molar-refractivity contribution in [3.8, 4) is 0 Å². The SMILES string of the molecule is O=C1CN(S(=O)(=O)c2cccc(NS(=O)(=O)c3ccccc3)c2)CCN1. The minimum atomic E-state index is -3.90. The maximum Gasteiger partial charge on any atom is 0.261 e. The first-order valence-electron chi connectivity index (χ1n) is 7.74. The number of nitrogens with one attached hydrogen (secondary N) is 2. The average Bonchev–Trinajstić information content (AvgIpc) is 2.62. The van der Waals surface area contributed by atoms with E-state index in [2.05, 4.69) is 10.0 Å². The number of nitrogens with zero attached hydrogens (tertiary/aromatic N) is 1. The molecule has 0 atom stereocenters. The molecule has 0 aliphatic carbocycles. The minimum absolute atomic E-state index is 0.0703. The molecule has 1 fully saturated rings. The number of carbonyl (C=O) groups excluding carboxylic acids is 1. The van der Waals surface area contributed by atoms with Crippen LogP contribution in [0.15, 0.2) is 64.4 Å². The van der Waals surface area contributed by atoms with E-state index in [1.165, 1.54) is 36.4 Å². The number of carbonyl (C=O) groups is 1. The number of benzene rings is 2. The summed E-state index contributed by atoms with van der Waals surface area (Å²) in [5, 5.41) is 2.56. The van der Waals surface area contributed by atoms with Gasteiger partial charge in [0.2, 0.25) is 15.9 Å². The number of hydrogen-bond acceptors (Lipinski definition) is 5. The van der Waals surface area contributed by atoms with Crippen LogP contribution in [0.1, 0.15) is 0 Å². The molecule has 26 heavy (non-hydrogen) atoms. The van der Waals surface area contributed by atoms with Crippen molar-refractivity contribution in [1.82, 2.24) is 9.62 Å². The molecule has 2 N–H and O–H groups in total. The summed E-state index contributed by atoms with van der Waals surface area (Å²) in [5.41, 5.74) is 0.122. The molecule has 1 amide bonds. The second-order valence-corrected chi connectivity index (χ2v) is 9.26. The molecular weight excluding hydrogens is 378 g/mol. The lowest BCUT2D eigenvalue weighted by Gasteiger charge is -2.26. The largest absolute Gasteiger partial charge is 0.354 e. The van der Waals surface area contributed by atoms with E-state index in [1.807, 2.05) is 0 Å². The van der Waals surface area contributed by atoms with E-state index in [0.29, 0.717) is 0 Å². The van der Waals surface area contributed by atoms with Gasteiger partial charge in [-0.25, -0.2) is 16.8 Å². The molecule has 1 saturated heterocycles. The monoisotopic (exact) mass is 395 g/mol. The molecule has 8 nitrogen and oxygen atoms in total. The van der Waals surface area contributed by atoms with Crippen molar-refractivity contribution in [3.63, 3.8) is 0 Å². The van der Waals surface area contributed by atoms with Gasteiger partial charge in [-0.3, -0.25) is 9.52 Å². The van der Waals surface area contributed by atoms with Crippen molar-refractivity contribution in [1.29, 1.82) is 0 Å². The standard InChI is InChI=1S/C16H17N3O5S2/c20-16-12-19(10-9-17-16)26(23,24)15-8-4-5-13(11-15)18-25(21,22)14-6-2-1-3-7-14/h1-8,11,18H,9-10,12H2,(H,17,20). The Morgan fingerprint density at radius 2 is 1.62 bits per heavy atom. The number of anilines is 1. The fourth-order valence-electron chi connectivity index (χ4n) is 2.50. The number of rotatable bonds is 5. The lowest BCUT2D eigenvalue weighted by atomic mass is 10.3. The average molecular weight is 395 g/mol. The van der Waals surface area contributed by atoms with Gasteiger partial charge in [0.05, 0.1) is 22.0 Å². The van der Waals surface area contributed by atoms with Gasteiger partial charge in [0.1, 0.15) is 0 Å². The van der Waals surface area contributed by atoms with Gasteiger partial charge in [-0.2, -0.15) is 4.31 Å². The Morgan fingerprint density at radius 3 is 2.31 bits per heavy atom. The zero-order valence-electron chi connectivity index (χ0n) is 13.6. The first kappa shape index (κ1) is 18.4. The van der Waals surface area contributed by atoms with E-state index in [4.69, 9.17) is 0 Å². The number of hydrogen-bond donors (Lipinski definition) is 2. The first-order chi connectivity index (χ1) is 12.3. The van der Waals surface area contributed by atoms with E-state index in [0.717, 1.165) is 4.31 Å². The van der Waals surface area contributed by atoms with Gasteiger partial charge in [0.15, 0.2) is 0 Å². The van der Waals surface area contributed by atoms with Crippen LogP contribution in [-0.4, -0.2) is 46.7 Å². The summed E-state index contributed by atoms with van der Waals surface area (Å²) >= 11 is 0. The van der Waals surface area contributed by atoms with Gasteiger partial charge in [-0.1, -0.05) is 24.3 Å². The summed E-state index contributed by atoms with van der Waals surface area (Å²) in [4.78, 5) is 11.4. The summed E-state index contributed by atoms with van der Waals surface area (Å²) in [7, 11) is -7.73. The molecule has 2 aromatic carbocycles. The molecule has 1 aliphatic heterocycles. The van der Waals surface area contributed by atoms with Gasteiger partial charge >= 0.3 is 0 Å².